The number of aryl methyl sites for hydroxylation is 1. The number of carbonyl (C=O) groups is 1. The number of nitrogens with zero attached hydrogens (tertiary/aromatic N) is 6. The van der Waals surface area contributed by atoms with Gasteiger partial charge in [0.15, 0.2) is 0 Å². The molecule has 38 heavy (non-hydrogen) atoms. The van der Waals surface area contributed by atoms with Crippen LogP contribution < -0.4 is 21.7 Å². The summed E-state index contributed by atoms with van der Waals surface area (Å²) in [5, 5.41) is 17.9. The number of nitriles is 1. The summed E-state index contributed by atoms with van der Waals surface area (Å²) in [7, 11) is 1.41. The van der Waals surface area contributed by atoms with Gasteiger partial charge < -0.3 is 15.2 Å². The quantitative estimate of drug-likeness (QED) is 0.298. The van der Waals surface area contributed by atoms with Crippen molar-refractivity contribution in [2.24, 2.45) is 5.73 Å². The normalized spacial score (nSPS) is 12.8. The van der Waals surface area contributed by atoms with Crippen molar-refractivity contribution in [1.82, 2.24) is 24.1 Å². The predicted molar refractivity (Wildman–Crippen MR) is 136 cm³/mol. The van der Waals surface area contributed by atoms with Crippen LogP contribution in [0.2, 0.25) is 0 Å². The van der Waals surface area contributed by atoms with Gasteiger partial charge in [0.1, 0.15) is 33.5 Å². The molecule has 12 nitrogen and oxygen atoms in total. The highest BCUT2D eigenvalue weighted by molar-refractivity contribution is 7.21. The number of benzene rings is 1. The highest BCUT2D eigenvalue weighted by Gasteiger charge is 2.28. The minimum atomic E-state index is -1.25. The van der Waals surface area contributed by atoms with Crippen LogP contribution in [0.5, 0.6) is 5.75 Å². The van der Waals surface area contributed by atoms with Gasteiger partial charge in [-0.1, -0.05) is 11.3 Å². The fraction of sp³-hybridized carbons (Fsp3) is 0.333. The summed E-state index contributed by atoms with van der Waals surface area (Å²) in [5.41, 5.74) is 4.77. The topological polar surface area (TPSA) is 160 Å². The number of nitrogens with two attached hydrogens (primary N) is 1. The maximum Gasteiger partial charge on any atom is 0.332 e. The number of halogens is 1. The van der Waals surface area contributed by atoms with Crippen molar-refractivity contribution in [3.8, 4) is 16.8 Å². The molecule has 0 bridgehead atoms. The van der Waals surface area contributed by atoms with Gasteiger partial charge >= 0.3 is 5.69 Å². The molecular weight excluding hydrogens is 517 g/mol. The number of hydrogen-bond acceptors (Lipinski definition) is 9. The van der Waals surface area contributed by atoms with E-state index in [0.717, 1.165) is 15.9 Å². The largest absolute Gasteiger partial charge is 0.496 e. The lowest BCUT2D eigenvalue weighted by molar-refractivity contribution is -0.120. The Kier molecular flexibility index (Phi) is 7.70. The van der Waals surface area contributed by atoms with E-state index in [9.17, 15) is 18.8 Å². The molecule has 3 heterocycles. The highest BCUT2D eigenvalue weighted by Crippen LogP contribution is 2.34. The first-order valence-corrected chi connectivity index (χ1v) is 12.3. The van der Waals surface area contributed by atoms with Gasteiger partial charge in [-0.15, -0.1) is 4.80 Å². The van der Waals surface area contributed by atoms with Gasteiger partial charge in [0.2, 0.25) is 5.91 Å². The number of hydrogen-bond donors (Lipinski definition) is 1. The predicted octanol–water partition coefficient (Wildman–Crippen LogP) is 1.98. The molecule has 0 fully saturated rings. The second-order valence-corrected chi connectivity index (χ2v) is 9.31. The average Bonchev–Trinajstić information content (AvgIpc) is 3.53. The molecule has 3 aromatic heterocycles. The smallest absolute Gasteiger partial charge is 0.332 e. The summed E-state index contributed by atoms with van der Waals surface area (Å²) >= 11 is 1.10. The number of aromatic nitrogens is 5. The fourth-order valence-corrected chi connectivity index (χ4v) is 5.32. The Hall–Kier alpha value is -4.35. The van der Waals surface area contributed by atoms with Crippen molar-refractivity contribution in [2.45, 2.75) is 39.0 Å². The number of amides is 1. The summed E-state index contributed by atoms with van der Waals surface area (Å²) in [6.07, 6.45) is 2.03. The van der Waals surface area contributed by atoms with Crippen LogP contribution in [0.3, 0.4) is 0 Å². The molecule has 1 aromatic carbocycles. The monoisotopic (exact) mass is 541 g/mol. The zero-order chi connectivity index (χ0) is 27.6. The van der Waals surface area contributed by atoms with Crippen LogP contribution in [-0.2, 0) is 16.1 Å². The van der Waals surface area contributed by atoms with E-state index in [0.29, 0.717) is 21.9 Å². The fourth-order valence-electron chi connectivity index (χ4n) is 4.10. The first kappa shape index (κ1) is 26.7. The maximum atomic E-state index is 14.3. The van der Waals surface area contributed by atoms with Gasteiger partial charge in [0.05, 0.1) is 50.5 Å². The van der Waals surface area contributed by atoms with Crippen LogP contribution in [0.25, 0.3) is 15.2 Å². The molecule has 4 aromatic rings. The third kappa shape index (κ3) is 4.81. The number of methoxy groups -OCH3 is 1. The van der Waals surface area contributed by atoms with Gasteiger partial charge in [-0.05, 0) is 32.0 Å². The molecule has 2 N–H and O–H groups in total. The van der Waals surface area contributed by atoms with Crippen molar-refractivity contribution < 1.29 is 18.7 Å². The van der Waals surface area contributed by atoms with E-state index in [-0.39, 0.29) is 29.8 Å². The highest BCUT2D eigenvalue weighted by atomic mass is 32.1. The zero-order valence-electron chi connectivity index (χ0n) is 20.8. The van der Waals surface area contributed by atoms with E-state index in [1.807, 2.05) is 6.07 Å². The number of rotatable bonds is 10. The van der Waals surface area contributed by atoms with Crippen LogP contribution in [0, 0.1) is 24.1 Å². The molecule has 0 aliphatic heterocycles. The Bertz CT molecular complexity index is 1650. The summed E-state index contributed by atoms with van der Waals surface area (Å²) in [6, 6.07) is 4.60. The van der Waals surface area contributed by atoms with E-state index >= 15 is 0 Å². The molecule has 0 aliphatic rings. The Morgan fingerprint density at radius 3 is 2.63 bits per heavy atom. The van der Waals surface area contributed by atoms with Gasteiger partial charge in [-0.2, -0.15) is 15.5 Å². The molecule has 0 spiro atoms. The molecule has 0 radical (unpaired) electrons. The first-order chi connectivity index (χ1) is 18.2. The summed E-state index contributed by atoms with van der Waals surface area (Å²) in [5.74, 6) is -1.12. The lowest BCUT2D eigenvalue weighted by Crippen LogP contribution is -2.45. The molecule has 1 amide bonds. The number of carbonyl (C=O) groups excluding carboxylic acids is 1. The Balaban J connectivity index is 2.00. The lowest BCUT2D eigenvalue weighted by Gasteiger charge is -2.23. The number of thiophene rings is 1. The molecule has 14 heteroatoms. The molecule has 0 unspecified atom stereocenters. The number of fused-ring (bicyclic) bond motifs is 1. The van der Waals surface area contributed by atoms with Gasteiger partial charge in [0.25, 0.3) is 5.56 Å². The summed E-state index contributed by atoms with van der Waals surface area (Å²) in [6.45, 7) is 2.83. The van der Waals surface area contributed by atoms with Crippen LogP contribution in [0.4, 0.5) is 4.39 Å². The van der Waals surface area contributed by atoms with Crippen molar-refractivity contribution in [3.63, 3.8) is 0 Å². The molecular formula is C24H24FN7O5S. The van der Waals surface area contributed by atoms with E-state index in [1.165, 1.54) is 54.0 Å². The van der Waals surface area contributed by atoms with Crippen molar-refractivity contribution >= 4 is 27.5 Å². The Labute approximate surface area is 219 Å². The van der Waals surface area contributed by atoms with Crippen LogP contribution in [-0.4, -0.2) is 43.8 Å². The van der Waals surface area contributed by atoms with E-state index < -0.39 is 35.1 Å². The van der Waals surface area contributed by atoms with Crippen LogP contribution >= 0.6 is 11.3 Å². The molecule has 4 rings (SSSR count). The van der Waals surface area contributed by atoms with Gasteiger partial charge in [-0.25, -0.2) is 13.8 Å². The minimum Gasteiger partial charge on any atom is -0.496 e. The Morgan fingerprint density at radius 1 is 1.29 bits per heavy atom. The number of ether oxygens (including phenoxy) is 2. The molecule has 0 aliphatic carbocycles. The van der Waals surface area contributed by atoms with Crippen molar-refractivity contribution in [3.05, 3.63) is 68.4 Å². The standard InChI is InChI=1S/C24H24FN7O5S/c1-13-19-21(34)31(14(2)20(27)33)24(35)30(23(19)38-22(13)32-28-8-9-29-32)12-18(37-10-4-7-26)16-11-15(25)5-6-17(16)36-3/h5-6,8-9,11,14,18H,4,10,12H2,1-3H3,(H2,27,33)/t14-,18+/m1/s1. The lowest BCUT2D eigenvalue weighted by atomic mass is 10.1. The molecule has 198 valence electrons. The summed E-state index contributed by atoms with van der Waals surface area (Å²) in [4.78, 5) is 40.9. The van der Waals surface area contributed by atoms with Gasteiger partial charge in [0, 0.05) is 11.1 Å². The van der Waals surface area contributed by atoms with Crippen molar-refractivity contribution in [2.75, 3.05) is 13.7 Å². The summed E-state index contributed by atoms with van der Waals surface area (Å²) < 4.78 is 27.7. The average molecular weight is 542 g/mol. The van der Waals surface area contributed by atoms with Crippen molar-refractivity contribution in [1.29, 1.82) is 5.26 Å². The molecule has 2 atom stereocenters. The van der Waals surface area contributed by atoms with E-state index in [2.05, 4.69) is 10.2 Å². The molecule has 0 saturated carbocycles. The first-order valence-electron chi connectivity index (χ1n) is 11.5. The van der Waals surface area contributed by atoms with E-state index in [1.54, 1.807) is 6.92 Å². The third-order valence-electron chi connectivity index (χ3n) is 6.04. The zero-order valence-corrected chi connectivity index (χ0v) is 21.6. The second kappa shape index (κ2) is 11.0. The minimum absolute atomic E-state index is 0.0119. The van der Waals surface area contributed by atoms with E-state index in [4.69, 9.17) is 20.5 Å². The SMILES string of the molecule is COc1ccc(F)cc1[C@H](Cn1c(=O)n([C@H](C)C(N)=O)c(=O)c2c(C)c(-n3nccn3)sc21)OCCC#N. The number of primary amides is 1. The second-order valence-electron chi connectivity index (χ2n) is 8.33. The van der Waals surface area contributed by atoms with Crippen LogP contribution in [0.1, 0.15) is 36.6 Å². The van der Waals surface area contributed by atoms with Crippen LogP contribution in [0.15, 0.2) is 40.2 Å². The Morgan fingerprint density at radius 2 is 2.00 bits per heavy atom. The molecule has 0 saturated heterocycles. The maximum absolute atomic E-state index is 14.3. The van der Waals surface area contributed by atoms with Gasteiger partial charge in [-0.3, -0.25) is 14.2 Å². The third-order valence-corrected chi connectivity index (χ3v) is 7.32.